The molecule has 21 heavy (non-hydrogen) atoms. The van der Waals surface area contributed by atoms with Gasteiger partial charge in [-0.05, 0) is 12.1 Å². The SMILES string of the molecule is COc1cc(Cl)c2c3c(cnc2c1)C(=O)c1ccncc1-3. The summed E-state index contributed by atoms with van der Waals surface area (Å²) in [4.78, 5) is 20.9. The van der Waals surface area contributed by atoms with Crippen LogP contribution in [0.3, 0.4) is 0 Å². The van der Waals surface area contributed by atoms with Gasteiger partial charge in [-0.1, -0.05) is 11.6 Å². The number of ether oxygens (including phenoxy) is 1. The number of carbonyl (C=O) groups is 1. The Morgan fingerprint density at radius 2 is 2.00 bits per heavy atom. The molecule has 0 fully saturated rings. The van der Waals surface area contributed by atoms with Crippen molar-refractivity contribution in [2.75, 3.05) is 7.11 Å². The van der Waals surface area contributed by atoms with Crippen LogP contribution in [0.4, 0.5) is 0 Å². The first-order valence-corrected chi connectivity index (χ1v) is 6.74. The lowest BCUT2D eigenvalue weighted by Gasteiger charge is -2.09. The van der Waals surface area contributed by atoms with Crippen molar-refractivity contribution in [3.8, 4) is 16.9 Å². The van der Waals surface area contributed by atoms with Crippen molar-refractivity contribution in [1.82, 2.24) is 9.97 Å². The number of halogens is 1. The monoisotopic (exact) mass is 296 g/mol. The summed E-state index contributed by atoms with van der Waals surface area (Å²) >= 11 is 6.39. The Labute approximate surface area is 125 Å². The van der Waals surface area contributed by atoms with Crippen molar-refractivity contribution in [3.63, 3.8) is 0 Å². The normalized spacial score (nSPS) is 12.4. The number of rotatable bonds is 1. The van der Waals surface area contributed by atoms with E-state index in [1.54, 1.807) is 43.9 Å². The number of nitrogens with zero attached hydrogens (tertiary/aromatic N) is 2. The average Bonchev–Trinajstić information content (AvgIpc) is 2.80. The van der Waals surface area contributed by atoms with Gasteiger partial charge in [0.2, 0.25) is 0 Å². The number of fused-ring (bicyclic) bond motifs is 5. The van der Waals surface area contributed by atoms with Gasteiger partial charge in [0.15, 0.2) is 5.78 Å². The summed E-state index contributed by atoms with van der Waals surface area (Å²) in [5.41, 5.74) is 3.51. The molecule has 0 radical (unpaired) electrons. The van der Waals surface area contributed by atoms with Crippen LogP contribution in [0.15, 0.2) is 36.8 Å². The van der Waals surface area contributed by atoms with Crippen LogP contribution in [-0.4, -0.2) is 22.9 Å². The maximum atomic E-state index is 12.4. The minimum atomic E-state index is -0.0383. The summed E-state index contributed by atoms with van der Waals surface area (Å²) in [6, 6.07) is 5.26. The summed E-state index contributed by atoms with van der Waals surface area (Å²) in [5.74, 6) is 0.597. The van der Waals surface area contributed by atoms with Gasteiger partial charge in [0.05, 0.1) is 17.6 Å². The van der Waals surface area contributed by atoms with Crippen molar-refractivity contribution >= 4 is 28.3 Å². The van der Waals surface area contributed by atoms with Gasteiger partial charge in [-0.15, -0.1) is 0 Å². The van der Waals surface area contributed by atoms with E-state index < -0.39 is 0 Å². The van der Waals surface area contributed by atoms with Crippen LogP contribution in [0.25, 0.3) is 22.0 Å². The van der Waals surface area contributed by atoms with Crippen molar-refractivity contribution in [3.05, 3.63) is 52.9 Å². The van der Waals surface area contributed by atoms with Crippen molar-refractivity contribution < 1.29 is 9.53 Å². The average molecular weight is 297 g/mol. The zero-order chi connectivity index (χ0) is 14.6. The van der Waals surface area contributed by atoms with E-state index >= 15 is 0 Å². The van der Waals surface area contributed by atoms with E-state index in [4.69, 9.17) is 16.3 Å². The Morgan fingerprint density at radius 1 is 1.14 bits per heavy atom. The molecule has 0 spiro atoms. The first-order valence-electron chi connectivity index (χ1n) is 6.36. The molecule has 4 nitrogen and oxygen atoms in total. The van der Waals surface area contributed by atoms with E-state index in [1.807, 2.05) is 0 Å². The van der Waals surface area contributed by atoms with E-state index in [1.165, 1.54) is 0 Å². The predicted octanol–water partition coefficient (Wildman–Crippen LogP) is 3.50. The molecule has 4 rings (SSSR count). The van der Waals surface area contributed by atoms with Gasteiger partial charge < -0.3 is 4.74 Å². The van der Waals surface area contributed by atoms with Gasteiger partial charge in [0, 0.05) is 52.3 Å². The Morgan fingerprint density at radius 3 is 2.81 bits per heavy atom. The van der Waals surface area contributed by atoms with Crippen LogP contribution in [0.1, 0.15) is 15.9 Å². The third-order valence-electron chi connectivity index (χ3n) is 3.71. The van der Waals surface area contributed by atoms with Crippen molar-refractivity contribution in [2.24, 2.45) is 0 Å². The minimum absolute atomic E-state index is 0.0383. The van der Waals surface area contributed by atoms with Crippen LogP contribution in [-0.2, 0) is 0 Å². The molecular formula is C16H9ClN2O2. The molecule has 0 aliphatic heterocycles. The number of ketones is 1. The fraction of sp³-hybridized carbons (Fsp3) is 0.0625. The molecule has 2 aromatic heterocycles. The topological polar surface area (TPSA) is 52.1 Å². The smallest absolute Gasteiger partial charge is 0.195 e. The number of pyridine rings is 2. The number of carbonyl (C=O) groups excluding carboxylic acids is 1. The number of benzene rings is 1. The fourth-order valence-corrected chi connectivity index (χ4v) is 3.06. The maximum Gasteiger partial charge on any atom is 0.195 e. The molecule has 0 amide bonds. The van der Waals surface area contributed by atoms with E-state index in [9.17, 15) is 4.79 Å². The molecule has 1 aromatic carbocycles. The molecule has 5 heteroatoms. The highest BCUT2D eigenvalue weighted by molar-refractivity contribution is 6.38. The van der Waals surface area contributed by atoms with Crippen LogP contribution < -0.4 is 4.74 Å². The van der Waals surface area contributed by atoms with E-state index in [0.29, 0.717) is 27.4 Å². The molecule has 3 aromatic rings. The Bertz CT molecular complexity index is 922. The highest BCUT2D eigenvalue weighted by Crippen LogP contribution is 2.43. The van der Waals surface area contributed by atoms with E-state index in [-0.39, 0.29) is 5.78 Å². The standard InChI is InChI=1S/C16H9ClN2O2/c1-21-8-4-12(17)15-13(5-8)19-7-11-14(15)10-6-18-3-2-9(10)16(11)20/h2-7H,1H3. The van der Waals surface area contributed by atoms with Gasteiger partial charge in [0.25, 0.3) is 0 Å². The van der Waals surface area contributed by atoms with Crippen molar-refractivity contribution in [2.45, 2.75) is 0 Å². The molecule has 102 valence electrons. The first kappa shape index (κ1) is 12.3. The van der Waals surface area contributed by atoms with Gasteiger partial charge in [-0.25, -0.2) is 0 Å². The number of hydrogen-bond acceptors (Lipinski definition) is 4. The van der Waals surface area contributed by atoms with Gasteiger partial charge in [0.1, 0.15) is 5.75 Å². The molecule has 0 unspecified atom stereocenters. The van der Waals surface area contributed by atoms with Gasteiger partial charge in [-0.2, -0.15) is 0 Å². The lowest BCUT2D eigenvalue weighted by molar-refractivity contribution is 0.104. The molecule has 2 heterocycles. The fourth-order valence-electron chi connectivity index (χ4n) is 2.76. The summed E-state index contributed by atoms with van der Waals surface area (Å²) in [6.45, 7) is 0. The van der Waals surface area contributed by atoms with Gasteiger partial charge >= 0.3 is 0 Å². The number of methoxy groups -OCH3 is 1. The predicted molar refractivity (Wildman–Crippen MR) is 80.0 cm³/mol. The van der Waals surface area contributed by atoms with Gasteiger partial charge in [-0.3, -0.25) is 14.8 Å². The number of aromatic nitrogens is 2. The Balaban J connectivity index is 2.17. The zero-order valence-corrected chi connectivity index (χ0v) is 11.8. The summed E-state index contributed by atoms with van der Waals surface area (Å²) < 4.78 is 5.21. The van der Waals surface area contributed by atoms with Crippen LogP contribution in [0.5, 0.6) is 5.75 Å². The van der Waals surface area contributed by atoms with E-state index in [2.05, 4.69) is 9.97 Å². The van der Waals surface area contributed by atoms with Crippen molar-refractivity contribution in [1.29, 1.82) is 0 Å². The molecule has 0 saturated carbocycles. The first-order chi connectivity index (χ1) is 10.2. The summed E-state index contributed by atoms with van der Waals surface area (Å²) in [5, 5.41) is 1.27. The van der Waals surface area contributed by atoms with Crippen LogP contribution >= 0.6 is 11.6 Å². The second-order valence-corrected chi connectivity index (χ2v) is 5.21. The van der Waals surface area contributed by atoms with Crippen LogP contribution in [0.2, 0.25) is 5.02 Å². The maximum absolute atomic E-state index is 12.4. The largest absolute Gasteiger partial charge is 0.497 e. The molecule has 0 saturated heterocycles. The Kier molecular flexibility index (Phi) is 2.50. The quantitative estimate of drug-likeness (QED) is 0.539. The summed E-state index contributed by atoms with van der Waals surface area (Å²) in [7, 11) is 1.58. The lowest BCUT2D eigenvalue weighted by atomic mass is 10.0. The zero-order valence-electron chi connectivity index (χ0n) is 11.1. The molecular weight excluding hydrogens is 288 g/mol. The molecule has 1 aliphatic carbocycles. The third-order valence-corrected chi connectivity index (χ3v) is 4.01. The minimum Gasteiger partial charge on any atom is -0.497 e. The van der Waals surface area contributed by atoms with Crippen LogP contribution in [0, 0.1) is 0 Å². The Hall–Kier alpha value is -2.46. The third kappa shape index (κ3) is 1.59. The molecule has 0 bridgehead atoms. The second-order valence-electron chi connectivity index (χ2n) is 4.80. The van der Waals surface area contributed by atoms with E-state index in [0.717, 1.165) is 16.5 Å². The molecule has 0 atom stereocenters. The molecule has 0 N–H and O–H groups in total. The second kappa shape index (κ2) is 4.27. The summed E-state index contributed by atoms with van der Waals surface area (Å²) in [6.07, 6.45) is 4.90. The lowest BCUT2D eigenvalue weighted by Crippen LogP contribution is -1.96. The highest BCUT2D eigenvalue weighted by atomic mass is 35.5. The number of hydrogen-bond donors (Lipinski definition) is 0. The molecule has 1 aliphatic rings. The highest BCUT2D eigenvalue weighted by Gasteiger charge is 2.29.